The molecule has 5 rings (SSSR count). The number of amides is 4. The number of fused-ring (bicyclic) bond motifs is 1. The van der Waals surface area contributed by atoms with E-state index in [4.69, 9.17) is 0 Å². The Kier molecular flexibility index (Phi) is 6.52. The van der Waals surface area contributed by atoms with Gasteiger partial charge in [0, 0.05) is 36.8 Å². The molecular formula is C29H25F2N3O4. The molecule has 2 aliphatic heterocycles. The van der Waals surface area contributed by atoms with Gasteiger partial charge in [0.15, 0.2) is 0 Å². The average molecular weight is 518 g/mol. The molecule has 0 bridgehead atoms. The van der Waals surface area contributed by atoms with E-state index in [0.29, 0.717) is 23.1 Å². The summed E-state index contributed by atoms with van der Waals surface area (Å²) in [5.74, 6) is -6.49. The highest BCUT2D eigenvalue weighted by molar-refractivity contribution is 6.06. The van der Waals surface area contributed by atoms with Gasteiger partial charge in [0.2, 0.25) is 11.8 Å². The molecule has 9 heteroatoms. The van der Waals surface area contributed by atoms with Crippen molar-refractivity contribution >= 4 is 29.3 Å². The first kappa shape index (κ1) is 25.3. The van der Waals surface area contributed by atoms with E-state index >= 15 is 8.78 Å². The summed E-state index contributed by atoms with van der Waals surface area (Å²) in [7, 11) is 1.26. The van der Waals surface area contributed by atoms with E-state index in [-0.39, 0.29) is 36.9 Å². The molecule has 1 unspecified atom stereocenters. The Hall–Kier alpha value is -4.40. The zero-order chi connectivity index (χ0) is 27.0. The lowest BCUT2D eigenvalue weighted by Crippen LogP contribution is -2.52. The van der Waals surface area contributed by atoms with Crippen molar-refractivity contribution in [2.45, 2.75) is 37.8 Å². The highest BCUT2D eigenvalue weighted by Crippen LogP contribution is 2.35. The van der Waals surface area contributed by atoms with Gasteiger partial charge in [-0.2, -0.15) is 8.78 Å². The predicted octanol–water partition coefficient (Wildman–Crippen LogP) is 3.79. The first-order chi connectivity index (χ1) is 18.1. The molecule has 0 radical (unpaired) electrons. The number of hydrogen-bond donors (Lipinski definition) is 1. The number of benzene rings is 3. The number of hydrogen-bond acceptors (Lipinski definition) is 4. The molecule has 2 aliphatic rings. The number of halogens is 2. The molecule has 1 N–H and O–H groups in total. The van der Waals surface area contributed by atoms with Crippen LogP contribution in [0.4, 0.5) is 14.5 Å². The van der Waals surface area contributed by atoms with Crippen molar-refractivity contribution in [1.29, 1.82) is 0 Å². The number of alkyl halides is 2. The van der Waals surface area contributed by atoms with E-state index in [0.717, 1.165) is 10.5 Å². The smallest absolute Gasteiger partial charge is 0.322 e. The number of carbonyl (C=O) groups excluding carboxylic acids is 4. The van der Waals surface area contributed by atoms with Gasteiger partial charge in [0.25, 0.3) is 5.91 Å². The Morgan fingerprint density at radius 2 is 1.74 bits per heavy atom. The summed E-state index contributed by atoms with van der Waals surface area (Å²) in [6, 6.07) is 18.9. The third-order valence-corrected chi connectivity index (χ3v) is 7.01. The van der Waals surface area contributed by atoms with Crippen LogP contribution in [0, 0.1) is 0 Å². The number of rotatable bonds is 6. The van der Waals surface area contributed by atoms with Crippen LogP contribution in [-0.4, -0.2) is 41.6 Å². The molecule has 0 spiro atoms. The van der Waals surface area contributed by atoms with Crippen molar-refractivity contribution in [1.82, 2.24) is 10.2 Å². The molecule has 0 aromatic heterocycles. The van der Waals surface area contributed by atoms with Crippen LogP contribution in [-0.2, 0) is 33.3 Å². The second kappa shape index (κ2) is 9.81. The van der Waals surface area contributed by atoms with Gasteiger partial charge in [-0.05, 0) is 53.8 Å². The minimum Gasteiger partial charge on any atom is -0.322 e. The van der Waals surface area contributed by atoms with Gasteiger partial charge < -0.3 is 9.80 Å². The summed E-state index contributed by atoms with van der Waals surface area (Å²) in [6.45, 7) is 0.0776. The Balaban J connectivity index is 1.34. The number of likely N-dealkylation sites (N-methyl/N-ethyl adjacent to an activating group) is 1. The van der Waals surface area contributed by atoms with E-state index in [1.165, 1.54) is 48.3 Å². The van der Waals surface area contributed by atoms with Crippen LogP contribution in [0.1, 0.15) is 45.5 Å². The summed E-state index contributed by atoms with van der Waals surface area (Å²) < 4.78 is 30.8. The normalized spacial score (nSPS) is 17.3. The molecule has 1 saturated heterocycles. The summed E-state index contributed by atoms with van der Waals surface area (Å²) in [5.41, 5.74) is 2.28. The fourth-order valence-corrected chi connectivity index (χ4v) is 4.93. The summed E-state index contributed by atoms with van der Waals surface area (Å²) in [5, 5.41) is 2.24. The highest BCUT2D eigenvalue weighted by Gasteiger charge is 2.44. The maximum absolute atomic E-state index is 15.4. The molecule has 194 valence electrons. The molecule has 0 aliphatic carbocycles. The molecule has 1 atom stereocenters. The van der Waals surface area contributed by atoms with Crippen LogP contribution < -0.4 is 10.2 Å². The van der Waals surface area contributed by atoms with Crippen LogP contribution in [0.15, 0.2) is 72.8 Å². The van der Waals surface area contributed by atoms with Crippen LogP contribution in [0.3, 0.4) is 0 Å². The second-order valence-electron chi connectivity index (χ2n) is 9.54. The van der Waals surface area contributed by atoms with Gasteiger partial charge >= 0.3 is 11.8 Å². The number of nitrogens with zero attached hydrogens (tertiary/aromatic N) is 2. The Morgan fingerprint density at radius 3 is 2.47 bits per heavy atom. The predicted molar refractivity (Wildman–Crippen MR) is 135 cm³/mol. The van der Waals surface area contributed by atoms with Crippen molar-refractivity contribution in [3.8, 4) is 0 Å². The minimum atomic E-state index is -3.78. The topological polar surface area (TPSA) is 86.8 Å². The fourth-order valence-electron chi connectivity index (χ4n) is 4.93. The summed E-state index contributed by atoms with van der Waals surface area (Å²) in [6.07, 6.45) is 0.795. The Bertz CT molecular complexity index is 1440. The number of carbonyl (C=O) groups is 4. The van der Waals surface area contributed by atoms with Gasteiger partial charge in [0.05, 0.1) is 0 Å². The lowest BCUT2D eigenvalue weighted by Gasteiger charge is -2.29. The molecule has 3 aromatic carbocycles. The van der Waals surface area contributed by atoms with Crippen LogP contribution in [0.5, 0.6) is 0 Å². The largest absolute Gasteiger partial charge is 0.350 e. The fraction of sp³-hybridized carbons (Fsp3) is 0.241. The van der Waals surface area contributed by atoms with E-state index in [2.05, 4.69) is 5.32 Å². The third kappa shape index (κ3) is 4.67. The van der Waals surface area contributed by atoms with E-state index in [9.17, 15) is 19.2 Å². The zero-order valence-corrected chi connectivity index (χ0v) is 20.6. The molecule has 38 heavy (non-hydrogen) atoms. The number of imide groups is 1. The quantitative estimate of drug-likeness (QED) is 0.504. The van der Waals surface area contributed by atoms with Gasteiger partial charge in [-0.25, -0.2) is 0 Å². The van der Waals surface area contributed by atoms with Gasteiger partial charge in [0.1, 0.15) is 6.04 Å². The van der Waals surface area contributed by atoms with Crippen LogP contribution in [0.2, 0.25) is 0 Å². The second-order valence-corrected chi connectivity index (χ2v) is 9.54. The van der Waals surface area contributed by atoms with E-state index in [1.54, 1.807) is 6.07 Å². The number of nitrogens with one attached hydrogen (secondary N) is 1. The Labute approximate surface area is 218 Å². The van der Waals surface area contributed by atoms with Crippen molar-refractivity contribution in [3.05, 3.63) is 101 Å². The maximum Gasteiger partial charge on any atom is 0.350 e. The SMILES string of the molecule is CN(C(=O)C(F)(F)c1cccc(Cc2ccccc2)c1)c1ccc2c(c1)CN(C1CCC(=O)NC1=O)C2=O. The lowest BCUT2D eigenvalue weighted by molar-refractivity contribution is -0.143. The lowest BCUT2D eigenvalue weighted by atomic mass is 9.99. The summed E-state index contributed by atoms with van der Waals surface area (Å²) >= 11 is 0. The maximum atomic E-state index is 15.4. The molecule has 7 nitrogen and oxygen atoms in total. The first-order valence-electron chi connectivity index (χ1n) is 12.2. The molecular weight excluding hydrogens is 492 g/mol. The van der Waals surface area contributed by atoms with Crippen LogP contribution >= 0.6 is 0 Å². The average Bonchev–Trinajstić information content (AvgIpc) is 3.23. The molecule has 2 heterocycles. The third-order valence-electron chi connectivity index (χ3n) is 7.01. The highest BCUT2D eigenvalue weighted by atomic mass is 19.3. The molecule has 0 saturated carbocycles. The first-order valence-corrected chi connectivity index (χ1v) is 12.2. The van der Waals surface area contributed by atoms with Gasteiger partial charge in [-0.1, -0.05) is 48.5 Å². The van der Waals surface area contributed by atoms with Crippen molar-refractivity contribution < 1.29 is 28.0 Å². The summed E-state index contributed by atoms with van der Waals surface area (Å²) in [4.78, 5) is 51.9. The Morgan fingerprint density at radius 1 is 1.00 bits per heavy atom. The molecule has 3 aromatic rings. The minimum absolute atomic E-state index is 0.0776. The molecule has 4 amide bonds. The van der Waals surface area contributed by atoms with E-state index < -0.39 is 29.3 Å². The van der Waals surface area contributed by atoms with Gasteiger partial charge in [-0.15, -0.1) is 0 Å². The van der Waals surface area contributed by atoms with Gasteiger partial charge in [-0.3, -0.25) is 24.5 Å². The van der Waals surface area contributed by atoms with Crippen LogP contribution in [0.25, 0.3) is 0 Å². The number of anilines is 1. The van der Waals surface area contributed by atoms with Crippen molar-refractivity contribution in [2.24, 2.45) is 0 Å². The standard InChI is InChI=1S/C29H25F2N3O4/c1-33(28(38)29(30,31)21-9-5-8-19(15-21)14-18-6-3-2-4-7-18)22-10-11-23-20(16-22)17-34(27(23)37)24-12-13-25(35)32-26(24)36/h2-11,15-16,24H,12-14,17H2,1H3,(H,32,35,36). The number of piperidine rings is 1. The van der Waals surface area contributed by atoms with E-state index in [1.807, 2.05) is 30.3 Å². The zero-order valence-electron chi connectivity index (χ0n) is 20.6. The molecule has 1 fully saturated rings. The van der Waals surface area contributed by atoms with Crippen molar-refractivity contribution in [2.75, 3.05) is 11.9 Å². The van der Waals surface area contributed by atoms with Crippen molar-refractivity contribution in [3.63, 3.8) is 0 Å². The monoisotopic (exact) mass is 517 g/mol.